The maximum absolute atomic E-state index is 12.2. The Morgan fingerprint density at radius 3 is 2.63 bits per heavy atom. The van der Waals surface area contributed by atoms with Crippen molar-refractivity contribution in [2.75, 3.05) is 5.32 Å². The van der Waals surface area contributed by atoms with E-state index in [2.05, 4.69) is 15.5 Å². The topological polar surface area (TPSA) is 101 Å². The fourth-order valence-corrected chi connectivity index (χ4v) is 2.70. The molecule has 27 heavy (non-hydrogen) atoms. The molecule has 1 atom stereocenters. The molecule has 0 fully saturated rings. The summed E-state index contributed by atoms with van der Waals surface area (Å²) in [5.74, 6) is -1.03. The Morgan fingerprint density at radius 2 is 1.89 bits per heavy atom. The number of nitrogens with zero attached hydrogens (tertiary/aromatic N) is 1. The maximum atomic E-state index is 12.2. The number of carbonyl (C=O) groups excluding carboxylic acids is 2. The van der Waals surface area contributed by atoms with Gasteiger partial charge < -0.3 is 10.1 Å². The summed E-state index contributed by atoms with van der Waals surface area (Å²) in [5, 5.41) is 10.0. The van der Waals surface area contributed by atoms with E-state index in [1.807, 2.05) is 25.1 Å². The highest BCUT2D eigenvalue weighted by molar-refractivity contribution is 5.95. The SMILES string of the molecule is Cc1cccc(NC(=O)[C@H](C)OC(=O)Cc2n[nH]c(=O)c3ccccc23)c1. The fourth-order valence-electron chi connectivity index (χ4n) is 2.70. The van der Waals surface area contributed by atoms with Crippen LogP contribution in [0.1, 0.15) is 18.2 Å². The molecule has 0 saturated carbocycles. The van der Waals surface area contributed by atoms with Gasteiger partial charge >= 0.3 is 5.97 Å². The molecule has 0 unspecified atom stereocenters. The van der Waals surface area contributed by atoms with Gasteiger partial charge in [-0.1, -0.05) is 30.3 Å². The van der Waals surface area contributed by atoms with Gasteiger partial charge in [0, 0.05) is 11.1 Å². The molecular weight excluding hydrogens is 346 g/mol. The van der Waals surface area contributed by atoms with E-state index in [-0.39, 0.29) is 12.0 Å². The lowest BCUT2D eigenvalue weighted by Crippen LogP contribution is -2.30. The van der Waals surface area contributed by atoms with Crippen molar-refractivity contribution in [2.45, 2.75) is 26.4 Å². The summed E-state index contributed by atoms with van der Waals surface area (Å²) in [6.07, 6.45) is -1.12. The first-order valence-corrected chi connectivity index (χ1v) is 8.47. The van der Waals surface area contributed by atoms with Crippen LogP contribution in [0.4, 0.5) is 5.69 Å². The van der Waals surface area contributed by atoms with Crippen molar-refractivity contribution in [1.82, 2.24) is 10.2 Å². The molecule has 2 aromatic carbocycles. The summed E-state index contributed by atoms with van der Waals surface area (Å²) >= 11 is 0. The van der Waals surface area contributed by atoms with Crippen LogP contribution in [0, 0.1) is 6.92 Å². The normalized spacial score (nSPS) is 11.8. The third-order valence-corrected chi connectivity index (χ3v) is 4.05. The molecule has 1 aromatic heterocycles. The molecule has 0 radical (unpaired) electrons. The number of esters is 1. The van der Waals surface area contributed by atoms with Gasteiger partial charge in [0.05, 0.1) is 17.5 Å². The van der Waals surface area contributed by atoms with Crippen LogP contribution in [0.15, 0.2) is 53.3 Å². The van der Waals surface area contributed by atoms with E-state index in [1.54, 1.807) is 30.3 Å². The second-order valence-corrected chi connectivity index (χ2v) is 6.21. The number of hydrogen-bond acceptors (Lipinski definition) is 5. The van der Waals surface area contributed by atoms with E-state index < -0.39 is 18.0 Å². The number of anilines is 1. The van der Waals surface area contributed by atoms with E-state index in [4.69, 9.17) is 4.74 Å². The predicted molar refractivity (Wildman–Crippen MR) is 101 cm³/mol. The minimum Gasteiger partial charge on any atom is -0.452 e. The molecule has 138 valence electrons. The summed E-state index contributed by atoms with van der Waals surface area (Å²) in [4.78, 5) is 36.2. The first-order chi connectivity index (χ1) is 12.9. The molecule has 0 aliphatic rings. The number of H-pyrrole nitrogens is 1. The van der Waals surface area contributed by atoms with E-state index in [0.29, 0.717) is 22.2 Å². The highest BCUT2D eigenvalue weighted by Gasteiger charge is 2.19. The van der Waals surface area contributed by atoms with Crippen LogP contribution < -0.4 is 10.9 Å². The van der Waals surface area contributed by atoms with Crippen LogP contribution >= 0.6 is 0 Å². The second-order valence-electron chi connectivity index (χ2n) is 6.21. The van der Waals surface area contributed by atoms with Crippen LogP contribution in [0.3, 0.4) is 0 Å². The number of aryl methyl sites for hydroxylation is 1. The number of hydrogen-bond donors (Lipinski definition) is 2. The summed E-state index contributed by atoms with van der Waals surface area (Å²) < 4.78 is 5.21. The molecule has 1 amide bonds. The molecule has 0 bridgehead atoms. The molecule has 2 N–H and O–H groups in total. The van der Waals surface area contributed by atoms with E-state index in [0.717, 1.165) is 5.56 Å². The number of aromatic nitrogens is 2. The van der Waals surface area contributed by atoms with Crippen LogP contribution in [0.5, 0.6) is 0 Å². The van der Waals surface area contributed by atoms with E-state index in [9.17, 15) is 14.4 Å². The van der Waals surface area contributed by atoms with Gasteiger partial charge in [0.15, 0.2) is 6.10 Å². The van der Waals surface area contributed by atoms with Gasteiger partial charge in [-0.2, -0.15) is 5.10 Å². The number of rotatable bonds is 5. The molecule has 7 heteroatoms. The van der Waals surface area contributed by atoms with Crippen molar-refractivity contribution in [3.8, 4) is 0 Å². The minimum atomic E-state index is -0.966. The first kappa shape index (κ1) is 18.3. The Balaban J connectivity index is 1.66. The van der Waals surface area contributed by atoms with Crippen LogP contribution in [-0.4, -0.2) is 28.2 Å². The Bertz CT molecular complexity index is 1060. The zero-order valence-electron chi connectivity index (χ0n) is 15.0. The number of fused-ring (bicyclic) bond motifs is 1. The molecule has 1 heterocycles. The Hall–Kier alpha value is -3.48. The van der Waals surface area contributed by atoms with Crippen molar-refractivity contribution in [1.29, 1.82) is 0 Å². The lowest BCUT2D eigenvalue weighted by atomic mass is 10.1. The lowest BCUT2D eigenvalue weighted by Gasteiger charge is -2.14. The van der Waals surface area contributed by atoms with Crippen molar-refractivity contribution >= 4 is 28.3 Å². The summed E-state index contributed by atoms with van der Waals surface area (Å²) in [6.45, 7) is 3.42. The third kappa shape index (κ3) is 4.38. The third-order valence-electron chi connectivity index (χ3n) is 4.05. The smallest absolute Gasteiger partial charge is 0.312 e. The second kappa shape index (κ2) is 7.82. The molecule has 3 rings (SSSR count). The monoisotopic (exact) mass is 365 g/mol. The Labute approximate surface area is 155 Å². The molecule has 0 spiro atoms. The van der Waals surface area contributed by atoms with Gasteiger partial charge in [-0.3, -0.25) is 14.4 Å². The fraction of sp³-hybridized carbons (Fsp3) is 0.200. The number of benzene rings is 2. The highest BCUT2D eigenvalue weighted by Crippen LogP contribution is 2.14. The number of nitrogens with one attached hydrogen (secondary N) is 2. The van der Waals surface area contributed by atoms with Crippen molar-refractivity contribution in [2.24, 2.45) is 0 Å². The lowest BCUT2D eigenvalue weighted by molar-refractivity contribution is -0.152. The van der Waals surface area contributed by atoms with Crippen molar-refractivity contribution in [3.63, 3.8) is 0 Å². The largest absolute Gasteiger partial charge is 0.452 e. The highest BCUT2D eigenvalue weighted by atomic mass is 16.5. The van der Waals surface area contributed by atoms with Gasteiger partial charge in [0.2, 0.25) is 0 Å². The van der Waals surface area contributed by atoms with Crippen LogP contribution in [-0.2, 0) is 20.7 Å². The van der Waals surface area contributed by atoms with E-state index in [1.165, 1.54) is 6.92 Å². The number of ether oxygens (including phenoxy) is 1. The van der Waals surface area contributed by atoms with Gasteiger partial charge in [-0.15, -0.1) is 0 Å². The number of aromatic amines is 1. The van der Waals surface area contributed by atoms with Crippen LogP contribution in [0.25, 0.3) is 10.8 Å². The molecule has 0 saturated heterocycles. The molecule has 3 aromatic rings. The van der Waals surface area contributed by atoms with Crippen molar-refractivity contribution < 1.29 is 14.3 Å². The van der Waals surface area contributed by atoms with Gasteiger partial charge in [-0.05, 0) is 37.6 Å². The Morgan fingerprint density at radius 1 is 1.15 bits per heavy atom. The van der Waals surface area contributed by atoms with Crippen molar-refractivity contribution in [3.05, 3.63) is 70.1 Å². The molecular formula is C20H19N3O4. The quantitative estimate of drug-likeness (QED) is 0.676. The van der Waals surface area contributed by atoms with Gasteiger partial charge in [0.1, 0.15) is 0 Å². The summed E-state index contributed by atoms with van der Waals surface area (Å²) in [5.41, 5.74) is 1.71. The molecule has 0 aliphatic heterocycles. The zero-order chi connectivity index (χ0) is 19.4. The summed E-state index contributed by atoms with van der Waals surface area (Å²) in [6, 6.07) is 14.2. The number of amides is 1. The van der Waals surface area contributed by atoms with Gasteiger partial charge in [-0.25, -0.2) is 5.10 Å². The average molecular weight is 365 g/mol. The number of carbonyl (C=O) groups is 2. The standard InChI is InChI=1S/C20H19N3O4/c1-12-6-5-7-14(10-12)21-19(25)13(2)27-18(24)11-17-15-8-3-4-9-16(15)20(26)23-22-17/h3-10,13H,11H2,1-2H3,(H,21,25)(H,23,26)/t13-/m0/s1. The minimum absolute atomic E-state index is 0.153. The molecule has 7 nitrogen and oxygen atoms in total. The maximum Gasteiger partial charge on any atom is 0.312 e. The van der Waals surface area contributed by atoms with Gasteiger partial charge in [0.25, 0.3) is 11.5 Å². The molecule has 0 aliphatic carbocycles. The first-order valence-electron chi connectivity index (χ1n) is 8.47. The predicted octanol–water partition coefficient (Wildman–Crippen LogP) is 2.34. The van der Waals surface area contributed by atoms with E-state index >= 15 is 0 Å². The Kier molecular flexibility index (Phi) is 5.30. The van der Waals surface area contributed by atoms with Crippen LogP contribution in [0.2, 0.25) is 0 Å². The average Bonchev–Trinajstić information content (AvgIpc) is 2.64. The zero-order valence-corrected chi connectivity index (χ0v) is 15.0. The summed E-state index contributed by atoms with van der Waals surface area (Å²) in [7, 11) is 0.